The summed E-state index contributed by atoms with van der Waals surface area (Å²) >= 11 is 0. The van der Waals surface area contributed by atoms with Gasteiger partial charge in [-0.15, -0.1) is 0 Å². The van der Waals surface area contributed by atoms with Gasteiger partial charge in [-0.2, -0.15) is 0 Å². The van der Waals surface area contributed by atoms with Crippen LogP contribution in [0.5, 0.6) is 0 Å². The van der Waals surface area contributed by atoms with Gasteiger partial charge < -0.3 is 5.11 Å². The molecule has 2 aromatic rings. The summed E-state index contributed by atoms with van der Waals surface area (Å²) in [6.07, 6.45) is 11.8. The van der Waals surface area contributed by atoms with Gasteiger partial charge in [-0.05, 0) is 27.7 Å². The quantitative estimate of drug-likeness (QED) is 0.789. The Labute approximate surface area is 120 Å². The van der Waals surface area contributed by atoms with Gasteiger partial charge in [0.05, 0.1) is 12.1 Å². The van der Waals surface area contributed by atoms with Crippen LogP contribution in [-0.4, -0.2) is 20.3 Å². The first-order valence-corrected chi connectivity index (χ1v) is 7.27. The van der Waals surface area contributed by atoms with Gasteiger partial charge >= 0.3 is 0 Å². The van der Waals surface area contributed by atoms with Crippen LogP contribution in [0.4, 0.5) is 0 Å². The molecule has 2 heterocycles. The molecule has 0 spiro atoms. The molecule has 0 saturated heterocycles. The van der Waals surface area contributed by atoms with E-state index in [1.807, 2.05) is 46.6 Å². The summed E-state index contributed by atoms with van der Waals surface area (Å²) in [5.41, 5.74) is 0. The third kappa shape index (κ3) is 3.70. The predicted molar refractivity (Wildman–Crippen MR) is 76.0 cm³/mol. The van der Waals surface area contributed by atoms with E-state index in [-0.39, 0.29) is 0 Å². The van der Waals surface area contributed by atoms with Crippen LogP contribution >= 0.6 is 0 Å². The lowest BCUT2D eigenvalue weighted by Gasteiger charge is -2.05. The fraction of sp³-hybridized carbons (Fsp3) is 0.600. The molecule has 0 atom stereocenters. The Kier molecular flexibility index (Phi) is 4.60. The summed E-state index contributed by atoms with van der Waals surface area (Å²) < 4.78 is 8.33. The van der Waals surface area contributed by atoms with Gasteiger partial charge in [0.15, 0.2) is 0 Å². The zero-order valence-corrected chi connectivity index (χ0v) is 12.8. The predicted octanol–water partition coefficient (Wildman–Crippen LogP) is 1.09. The van der Waals surface area contributed by atoms with Gasteiger partial charge in [-0.25, -0.2) is 18.3 Å². The molecule has 0 unspecified atom stereocenters. The van der Waals surface area contributed by atoms with Crippen molar-refractivity contribution >= 4 is 0 Å². The van der Waals surface area contributed by atoms with Crippen LogP contribution < -0.4 is 9.13 Å². The van der Waals surface area contributed by atoms with Crippen molar-refractivity contribution < 1.29 is 14.2 Å². The Bertz CT molecular complexity index is 493. The Morgan fingerprint density at radius 3 is 1.55 bits per heavy atom. The van der Waals surface area contributed by atoms with E-state index in [9.17, 15) is 5.11 Å². The topological polar surface area (TPSA) is 37.9 Å². The summed E-state index contributed by atoms with van der Waals surface area (Å²) in [6.45, 7) is 9.80. The Morgan fingerprint density at radius 2 is 1.25 bits per heavy atom. The van der Waals surface area contributed by atoms with Crippen molar-refractivity contribution in [3.8, 4) is 0 Å². The van der Waals surface area contributed by atoms with Crippen LogP contribution in [0.1, 0.15) is 39.8 Å². The van der Waals surface area contributed by atoms with E-state index >= 15 is 0 Å². The SMILES string of the molecule is CC(C)n1cc[n+](CC(O)C[n+]2ccn(C(C)C)c2)c1. The number of aliphatic hydroxyl groups excluding tert-OH is 1. The fourth-order valence-electron chi connectivity index (χ4n) is 2.19. The van der Waals surface area contributed by atoms with E-state index in [1.54, 1.807) is 0 Å². The van der Waals surface area contributed by atoms with Crippen molar-refractivity contribution in [3.63, 3.8) is 0 Å². The molecule has 0 saturated carbocycles. The zero-order valence-electron chi connectivity index (χ0n) is 12.8. The van der Waals surface area contributed by atoms with E-state index in [2.05, 4.69) is 36.8 Å². The molecule has 2 rings (SSSR count). The average molecular weight is 278 g/mol. The Balaban J connectivity index is 1.92. The van der Waals surface area contributed by atoms with Crippen molar-refractivity contribution in [1.82, 2.24) is 9.13 Å². The molecule has 0 amide bonds. The second kappa shape index (κ2) is 6.22. The molecule has 20 heavy (non-hydrogen) atoms. The lowest BCUT2D eigenvalue weighted by atomic mass is 10.3. The summed E-state index contributed by atoms with van der Waals surface area (Å²) in [6, 6.07) is 0.894. The summed E-state index contributed by atoms with van der Waals surface area (Å²) in [4.78, 5) is 0. The molecule has 5 heteroatoms. The number of hydrogen-bond acceptors (Lipinski definition) is 1. The molecule has 0 fully saturated rings. The van der Waals surface area contributed by atoms with Crippen molar-refractivity contribution in [1.29, 1.82) is 0 Å². The Hall–Kier alpha value is -1.62. The molecule has 1 N–H and O–H groups in total. The van der Waals surface area contributed by atoms with Crippen molar-refractivity contribution in [2.24, 2.45) is 0 Å². The van der Waals surface area contributed by atoms with Gasteiger partial charge in [-0.1, -0.05) is 0 Å². The molecule has 0 bridgehead atoms. The van der Waals surface area contributed by atoms with E-state index < -0.39 is 6.10 Å². The van der Waals surface area contributed by atoms with Crippen LogP contribution in [0.25, 0.3) is 0 Å². The van der Waals surface area contributed by atoms with Crippen LogP contribution in [-0.2, 0) is 13.1 Å². The molecule has 0 aromatic carbocycles. The van der Waals surface area contributed by atoms with E-state index in [0.717, 1.165) is 0 Å². The van der Waals surface area contributed by atoms with Crippen LogP contribution in [0.3, 0.4) is 0 Å². The molecule has 110 valence electrons. The molecule has 0 aliphatic carbocycles. The maximum atomic E-state index is 10.2. The third-order valence-electron chi connectivity index (χ3n) is 3.46. The largest absolute Gasteiger partial charge is 0.385 e. The molecule has 0 aliphatic heterocycles. The lowest BCUT2D eigenvalue weighted by molar-refractivity contribution is -0.737. The molecule has 5 nitrogen and oxygen atoms in total. The highest BCUT2D eigenvalue weighted by Gasteiger charge is 2.15. The minimum absolute atomic E-state index is 0.393. The van der Waals surface area contributed by atoms with Crippen molar-refractivity contribution in [3.05, 3.63) is 37.4 Å². The number of aromatic nitrogens is 4. The van der Waals surface area contributed by atoms with Crippen LogP contribution in [0.15, 0.2) is 37.4 Å². The average Bonchev–Trinajstić information content (AvgIpc) is 2.98. The highest BCUT2D eigenvalue weighted by Crippen LogP contribution is 2.01. The van der Waals surface area contributed by atoms with Crippen molar-refractivity contribution in [2.75, 3.05) is 0 Å². The highest BCUT2D eigenvalue weighted by molar-refractivity contribution is 4.71. The highest BCUT2D eigenvalue weighted by atomic mass is 16.3. The first-order valence-electron chi connectivity index (χ1n) is 7.27. The van der Waals surface area contributed by atoms with E-state index in [1.165, 1.54) is 0 Å². The first-order chi connectivity index (χ1) is 9.45. The monoisotopic (exact) mass is 278 g/mol. The molecular formula is C15H26N4O+2. The van der Waals surface area contributed by atoms with Gasteiger partial charge in [0.1, 0.15) is 44.0 Å². The van der Waals surface area contributed by atoms with Crippen LogP contribution in [0, 0.1) is 0 Å². The maximum Gasteiger partial charge on any atom is 0.244 e. The zero-order chi connectivity index (χ0) is 14.7. The maximum absolute atomic E-state index is 10.2. The van der Waals surface area contributed by atoms with Crippen molar-refractivity contribution in [2.45, 2.75) is 59.0 Å². The second-order valence-corrected chi connectivity index (χ2v) is 5.96. The van der Waals surface area contributed by atoms with Gasteiger partial charge in [0.25, 0.3) is 0 Å². The molecular weight excluding hydrogens is 252 g/mol. The van der Waals surface area contributed by atoms with E-state index in [0.29, 0.717) is 25.2 Å². The number of imidazole rings is 2. The van der Waals surface area contributed by atoms with Gasteiger partial charge in [0, 0.05) is 0 Å². The summed E-state index contributed by atoms with van der Waals surface area (Å²) in [5.74, 6) is 0. The minimum Gasteiger partial charge on any atom is -0.385 e. The molecule has 0 aliphatic rings. The van der Waals surface area contributed by atoms with Gasteiger partial charge in [0.2, 0.25) is 12.7 Å². The van der Waals surface area contributed by atoms with E-state index in [4.69, 9.17) is 0 Å². The summed E-state index contributed by atoms with van der Waals surface area (Å²) in [5, 5.41) is 10.2. The molecule has 2 aromatic heterocycles. The number of rotatable bonds is 6. The second-order valence-electron chi connectivity index (χ2n) is 5.96. The number of aliphatic hydroxyl groups is 1. The van der Waals surface area contributed by atoms with Crippen LogP contribution in [0.2, 0.25) is 0 Å². The number of hydrogen-bond donors (Lipinski definition) is 1. The Morgan fingerprint density at radius 1 is 0.850 bits per heavy atom. The molecule has 0 radical (unpaired) electrons. The first kappa shape index (κ1) is 14.8. The third-order valence-corrected chi connectivity index (χ3v) is 3.46. The standard InChI is InChI=1S/C15H26N4O/c1-13(2)18-7-5-16(11-18)9-15(20)10-17-6-8-19(12-17)14(3)4/h5-8,11-15,20H,9-10H2,1-4H3/q+2. The number of nitrogens with zero attached hydrogens (tertiary/aromatic N) is 4. The van der Waals surface area contributed by atoms with Gasteiger partial charge in [-0.3, -0.25) is 0 Å². The lowest BCUT2D eigenvalue weighted by Crippen LogP contribution is -2.46. The fourth-order valence-corrected chi connectivity index (χ4v) is 2.19. The summed E-state index contributed by atoms with van der Waals surface area (Å²) in [7, 11) is 0. The smallest absolute Gasteiger partial charge is 0.244 e. The normalized spacial score (nSPS) is 12.0. The minimum atomic E-state index is -0.393.